The Bertz CT molecular complexity index is 54.9. The third-order valence-corrected chi connectivity index (χ3v) is 0.384. The van der Waals surface area contributed by atoms with Crippen LogP contribution in [0, 0.1) is 0 Å². The van der Waals surface area contributed by atoms with Gasteiger partial charge in [0.15, 0.2) is 0 Å². The second kappa shape index (κ2) is 16.2. The third kappa shape index (κ3) is 18.3. The van der Waals surface area contributed by atoms with Crippen molar-refractivity contribution in [3.8, 4) is 0 Å². The molecule has 2 heteroatoms. The van der Waals surface area contributed by atoms with Crippen molar-refractivity contribution in [1.29, 1.82) is 0 Å². The maximum absolute atomic E-state index is 4.50. The lowest BCUT2D eigenvalue weighted by atomic mass is 10.7. The van der Waals surface area contributed by atoms with Gasteiger partial charge in [0.05, 0.1) is 0 Å². The van der Waals surface area contributed by atoms with Gasteiger partial charge in [0.1, 0.15) is 0 Å². The number of nitrogens with zero attached hydrogens (tertiary/aromatic N) is 1. The zero-order valence-electron chi connectivity index (χ0n) is 5.76. The summed E-state index contributed by atoms with van der Waals surface area (Å²) < 4.78 is 0. The molecule has 0 aromatic heterocycles. The summed E-state index contributed by atoms with van der Waals surface area (Å²) in [5.41, 5.74) is 4.50. The predicted molar refractivity (Wildman–Crippen MR) is 39.1 cm³/mol. The lowest BCUT2D eigenvalue weighted by molar-refractivity contribution is 1.48. The summed E-state index contributed by atoms with van der Waals surface area (Å²) in [6.45, 7) is 3.83. The average Bonchev–Trinajstić information content (AvgIpc) is 1.88. The maximum Gasteiger partial charge on any atom is 0.0221 e. The normalized spacial score (nSPS) is 9.50. The van der Waals surface area contributed by atoms with Crippen LogP contribution >= 0.6 is 0 Å². The van der Waals surface area contributed by atoms with Gasteiger partial charge in [0.25, 0.3) is 0 Å². The average molecular weight is 114 g/mol. The summed E-state index contributed by atoms with van der Waals surface area (Å²) in [5, 5.41) is 0. The van der Waals surface area contributed by atoms with Gasteiger partial charge in [-0.05, 0) is 20.9 Å². The first kappa shape index (κ1) is 10.4. The molecule has 0 saturated carbocycles. The van der Waals surface area contributed by atoms with Crippen LogP contribution in [-0.4, -0.2) is 13.3 Å². The number of hydrogen-bond donors (Lipinski definition) is 1. The second-order valence-electron chi connectivity index (χ2n) is 0.890. The molecule has 0 unspecified atom stereocenters. The van der Waals surface area contributed by atoms with Crippen LogP contribution in [-0.2, 0) is 0 Å². The molecular formula is C6H14N2. The van der Waals surface area contributed by atoms with Gasteiger partial charge < -0.3 is 5.73 Å². The molecule has 0 heterocycles. The van der Waals surface area contributed by atoms with Crippen LogP contribution in [0.4, 0.5) is 0 Å². The van der Waals surface area contributed by atoms with E-state index < -0.39 is 0 Å². The predicted octanol–water partition coefficient (Wildman–Crippen LogP) is 1.19. The molecule has 0 spiro atoms. The Hall–Kier alpha value is -0.630. The molecule has 0 radical (unpaired) electrons. The number of hydrogen-bond acceptors (Lipinski definition) is 2. The topological polar surface area (TPSA) is 38.4 Å². The van der Waals surface area contributed by atoms with E-state index in [0.717, 1.165) is 0 Å². The van der Waals surface area contributed by atoms with Gasteiger partial charge in [-0.25, -0.2) is 0 Å². The fourth-order valence-corrected chi connectivity index (χ4v) is 0.172. The monoisotopic (exact) mass is 114 g/mol. The highest BCUT2D eigenvalue weighted by molar-refractivity contribution is 5.54. The maximum atomic E-state index is 4.50. The summed E-state index contributed by atoms with van der Waals surface area (Å²) >= 11 is 0. The standard InChI is InChI=1S/C5H9N.CH5N/c1-3-5-6-4-2;1-2/h3-5H,1-2H3;2H2,1H3/b5-3-,6-4?;. The largest absolute Gasteiger partial charge is 0.333 e. The van der Waals surface area contributed by atoms with Gasteiger partial charge in [-0.2, -0.15) is 0 Å². The van der Waals surface area contributed by atoms with E-state index in [1.54, 1.807) is 12.4 Å². The lowest BCUT2D eigenvalue weighted by Crippen LogP contribution is -1.69. The molecule has 0 atom stereocenters. The lowest BCUT2D eigenvalue weighted by Gasteiger charge is -1.64. The van der Waals surface area contributed by atoms with Gasteiger partial charge in [0.2, 0.25) is 0 Å². The molecule has 0 aromatic carbocycles. The fraction of sp³-hybridized carbons (Fsp3) is 0.500. The zero-order chi connectivity index (χ0) is 6.83. The molecule has 2 nitrogen and oxygen atoms in total. The molecule has 0 saturated heterocycles. The first-order valence-electron chi connectivity index (χ1n) is 2.58. The van der Waals surface area contributed by atoms with E-state index in [0.29, 0.717) is 0 Å². The van der Waals surface area contributed by atoms with E-state index in [1.807, 2.05) is 19.9 Å². The second-order valence-corrected chi connectivity index (χ2v) is 0.890. The molecular weight excluding hydrogens is 100 g/mol. The highest BCUT2D eigenvalue weighted by Crippen LogP contribution is 1.67. The quantitative estimate of drug-likeness (QED) is 0.511. The van der Waals surface area contributed by atoms with Crippen LogP contribution in [0.5, 0.6) is 0 Å². The van der Waals surface area contributed by atoms with E-state index >= 15 is 0 Å². The number of rotatable bonds is 1. The van der Waals surface area contributed by atoms with Gasteiger partial charge in [-0.3, -0.25) is 4.99 Å². The van der Waals surface area contributed by atoms with E-state index in [1.165, 1.54) is 7.05 Å². The highest BCUT2D eigenvalue weighted by atomic mass is 14.6. The summed E-state index contributed by atoms with van der Waals surface area (Å²) in [6, 6.07) is 0. The molecule has 2 N–H and O–H groups in total. The van der Waals surface area contributed by atoms with E-state index in [-0.39, 0.29) is 0 Å². The van der Waals surface area contributed by atoms with Crippen molar-refractivity contribution in [2.24, 2.45) is 10.7 Å². The summed E-state index contributed by atoms with van der Waals surface area (Å²) in [7, 11) is 1.50. The molecule has 0 rings (SSSR count). The third-order valence-electron chi connectivity index (χ3n) is 0.384. The summed E-state index contributed by atoms with van der Waals surface area (Å²) in [5.74, 6) is 0. The Morgan fingerprint density at radius 3 is 1.88 bits per heavy atom. The highest BCUT2D eigenvalue weighted by Gasteiger charge is 1.48. The van der Waals surface area contributed by atoms with Crippen LogP contribution < -0.4 is 5.73 Å². The van der Waals surface area contributed by atoms with Crippen molar-refractivity contribution in [2.45, 2.75) is 13.8 Å². The van der Waals surface area contributed by atoms with Crippen molar-refractivity contribution < 1.29 is 0 Å². The molecule has 0 bridgehead atoms. The van der Waals surface area contributed by atoms with Gasteiger partial charge in [-0.1, -0.05) is 6.08 Å². The first-order chi connectivity index (χ1) is 3.91. The van der Waals surface area contributed by atoms with Crippen molar-refractivity contribution in [3.05, 3.63) is 12.3 Å². The van der Waals surface area contributed by atoms with Crippen LogP contribution in [0.15, 0.2) is 17.3 Å². The molecule has 48 valence electrons. The van der Waals surface area contributed by atoms with Gasteiger partial charge >= 0.3 is 0 Å². The number of nitrogens with two attached hydrogens (primary N) is 1. The molecule has 8 heavy (non-hydrogen) atoms. The minimum Gasteiger partial charge on any atom is -0.333 e. The Morgan fingerprint density at radius 1 is 1.25 bits per heavy atom. The van der Waals surface area contributed by atoms with E-state index in [9.17, 15) is 0 Å². The molecule has 0 aliphatic rings. The van der Waals surface area contributed by atoms with Crippen molar-refractivity contribution in [3.63, 3.8) is 0 Å². The van der Waals surface area contributed by atoms with Crippen LogP contribution in [0.2, 0.25) is 0 Å². The minimum absolute atomic E-state index is 1.50. The van der Waals surface area contributed by atoms with Crippen molar-refractivity contribution in [1.82, 2.24) is 0 Å². The van der Waals surface area contributed by atoms with Crippen molar-refractivity contribution in [2.75, 3.05) is 7.05 Å². The molecule has 0 aliphatic carbocycles. The van der Waals surface area contributed by atoms with Gasteiger partial charge in [-0.15, -0.1) is 0 Å². The van der Waals surface area contributed by atoms with E-state index in [4.69, 9.17) is 0 Å². The summed E-state index contributed by atoms with van der Waals surface area (Å²) in [4.78, 5) is 3.78. The first-order valence-corrected chi connectivity index (χ1v) is 2.58. The van der Waals surface area contributed by atoms with Crippen molar-refractivity contribution >= 4 is 6.21 Å². The Balaban J connectivity index is 0. The SMILES string of the molecule is CC=N/C=C\C.CN. The zero-order valence-corrected chi connectivity index (χ0v) is 5.76. The molecule has 0 amide bonds. The smallest absolute Gasteiger partial charge is 0.0221 e. The number of aliphatic imine (C=N–C) groups is 1. The fourth-order valence-electron chi connectivity index (χ4n) is 0.172. The Labute approximate surface area is 51.1 Å². The Kier molecular flexibility index (Phi) is 21.0. The molecule has 0 aromatic rings. The van der Waals surface area contributed by atoms with Crippen LogP contribution in [0.1, 0.15) is 13.8 Å². The minimum atomic E-state index is 1.50. The number of allylic oxidation sites excluding steroid dienone is 1. The summed E-state index contributed by atoms with van der Waals surface area (Å²) in [6.07, 6.45) is 5.39. The Morgan fingerprint density at radius 2 is 1.75 bits per heavy atom. The van der Waals surface area contributed by atoms with Crippen LogP contribution in [0.25, 0.3) is 0 Å². The van der Waals surface area contributed by atoms with Gasteiger partial charge in [0, 0.05) is 12.4 Å². The van der Waals surface area contributed by atoms with Crippen LogP contribution in [0.3, 0.4) is 0 Å². The van der Waals surface area contributed by atoms with E-state index in [2.05, 4.69) is 10.7 Å². The molecule has 0 aliphatic heterocycles. The molecule has 0 fully saturated rings.